The van der Waals surface area contributed by atoms with Crippen LogP contribution in [-0.2, 0) is 0 Å². The van der Waals surface area contributed by atoms with Gasteiger partial charge in [0.15, 0.2) is 0 Å². The van der Waals surface area contributed by atoms with E-state index in [1.54, 1.807) is 13.0 Å². The van der Waals surface area contributed by atoms with Crippen molar-refractivity contribution in [3.05, 3.63) is 27.7 Å². The van der Waals surface area contributed by atoms with E-state index in [2.05, 4.69) is 20.9 Å². The first kappa shape index (κ1) is 9.61. The number of hydrogen-bond acceptors (Lipinski definition) is 2. The molecule has 1 unspecified atom stereocenters. The van der Waals surface area contributed by atoms with E-state index in [1.807, 2.05) is 6.92 Å². The first-order valence-corrected chi connectivity index (χ1v) is 4.39. The summed E-state index contributed by atoms with van der Waals surface area (Å²) in [5.74, 6) is -0.489. The topological polar surface area (TPSA) is 38.9 Å². The number of aromatic nitrogens is 1. The number of pyridine rings is 1. The predicted octanol–water partition coefficient (Wildman–Crippen LogP) is 2.31. The smallest absolute Gasteiger partial charge is 0.227 e. The minimum atomic E-state index is -0.489. The molecule has 1 aromatic heterocycles. The summed E-state index contributed by atoms with van der Waals surface area (Å²) >= 11 is 3.06. The molecule has 0 spiro atoms. The molecule has 66 valence electrons. The molecule has 12 heavy (non-hydrogen) atoms. The number of nitrogens with two attached hydrogens (primary N) is 1. The Labute approximate surface area is 79.1 Å². The third-order valence-electron chi connectivity index (χ3n) is 1.65. The van der Waals surface area contributed by atoms with Crippen LogP contribution in [0.15, 0.2) is 10.5 Å². The molecule has 0 aliphatic carbocycles. The fourth-order valence-electron chi connectivity index (χ4n) is 1.03. The number of halogens is 2. The molecule has 0 saturated carbocycles. The fraction of sp³-hybridized carbons (Fsp3) is 0.375. The maximum atomic E-state index is 12.8. The standard InChI is InChI=1S/C8H10BrFN2/c1-4(11)6-3-7(9)8(10)12-5(6)2/h3-4H,11H2,1-2H3. The van der Waals surface area contributed by atoms with Crippen molar-refractivity contribution in [3.8, 4) is 0 Å². The van der Waals surface area contributed by atoms with Gasteiger partial charge in [-0.1, -0.05) is 0 Å². The molecule has 0 fully saturated rings. The van der Waals surface area contributed by atoms with Gasteiger partial charge in [-0.15, -0.1) is 0 Å². The summed E-state index contributed by atoms with van der Waals surface area (Å²) in [6, 6.07) is 1.55. The Morgan fingerprint density at radius 2 is 2.25 bits per heavy atom. The molecule has 1 rings (SSSR count). The zero-order valence-corrected chi connectivity index (χ0v) is 8.52. The van der Waals surface area contributed by atoms with E-state index in [-0.39, 0.29) is 6.04 Å². The number of nitrogens with zero attached hydrogens (tertiary/aromatic N) is 1. The van der Waals surface area contributed by atoms with Crippen LogP contribution in [0.4, 0.5) is 4.39 Å². The molecule has 2 N–H and O–H groups in total. The molecule has 4 heteroatoms. The summed E-state index contributed by atoms with van der Waals surface area (Å²) in [4.78, 5) is 3.70. The lowest BCUT2D eigenvalue weighted by Gasteiger charge is -2.09. The van der Waals surface area contributed by atoms with Gasteiger partial charge in [0, 0.05) is 11.7 Å². The van der Waals surface area contributed by atoms with Gasteiger partial charge < -0.3 is 5.73 Å². The van der Waals surface area contributed by atoms with Gasteiger partial charge in [0.2, 0.25) is 5.95 Å². The van der Waals surface area contributed by atoms with Crippen LogP contribution in [0, 0.1) is 12.9 Å². The molecule has 1 aromatic rings. The molecule has 0 bridgehead atoms. The Morgan fingerprint density at radius 3 is 2.75 bits per heavy atom. The summed E-state index contributed by atoms with van der Waals surface area (Å²) in [7, 11) is 0. The molecule has 1 heterocycles. The highest BCUT2D eigenvalue weighted by Crippen LogP contribution is 2.20. The molecular formula is C8H10BrFN2. The first-order chi connectivity index (χ1) is 5.52. The summed E-state index contributed by atoms with van der Waals surface area (Å²) in [5.41, 5.74) is 7.16. The molecule has 1 atom stereocenters. The highest BCUT2D eigenvalue weighted by molar-refractivity contribution is 9.10. The van der Waals surface area contributed by atoms with Gasteiger partial charge in [-0.05, 0) is 41.4 Å². The first-order valence-electron chi connectivity index (χ1n) is 3.60. The highest BCUT2D eigenvalue weighted by atomic mass is 79.9. The van der Waals surface area contributed by atoms with Crippen LogP contribution < -0.4 is 5.73 Å². The van der Waals surface area contributed by atoms with Crippen LogP contribution in [0.2, 0.25) is 0 Å². The highest BCUT2D eigenvalue weighted by Gasteiger charge is 2.09. The second-order valence-corrected chi connectivity index (χ2v) is 3.58. The number of hydrogen-bond donors (Lipinski definition) is 1. The van der Waals surface area contributed by atoms with E-state index in [0.717, 1.165) is 5.56 Å². The minimum absolute atomic E-state index is 0.116. The van der Waals surface area contributed by atoms with Gasteiger partial charge in [-0.3, -0.25) is 0 Å². The lowest BCUT2D eigenvalue weighted by atomic mass is 10.1. The number of rotatable bonds is 1. The second kappa shape index (κ2) is 3.49. The lowest BCUT2D eigenvalue weighted by Crippen LogP contribution is -2.09. The van der Waals surface area contributed by atoms with Crippen LogP contribution in [0.1, 0.15) is 24.2 Å². The van der Waals surface area contributed by atoms with Crippen LogP contribution >= 0.6 is 15.9 Å². The molecule has 0 amide bonds. The van der Waals surface area contributed by atoms with Crippen molar-refractivity contribution in [2.75, 3.05) is 0 Å². The van der Waals surface area contributed by atoms with Crippen LogP contribution in [-0.4, -0.2) is 4.98 Å². The average Bonchev–Trinajstić information content (AvgIpc) is 1.96. The second-order valence-electron chi connectivity index (χ2n) is 2.72. The summed E-state index contributed by atoms with van der Waals surface area (Å²) in [5, 5.41) is 0. The Hall–Kier alpha value is -0.480. The zero-order chi connectivity index (χ0) is 9.30. The normalized spacial score (nSPS) is 13.1. The van der Waals surface area contributed by atoms with Crippen molar-refractivity contribution >= 4 is 15.9 Å². The summed E-state index contributed by atoms with van der Waals surface area (Å²) < 4.78 is 13.2. The van der Waals surface area contributed by atoms with E-state index in [4.69, 9.17) is 5.73 Å². The molecular weight excluding hydrogens is 223 g/mol. The zero-order valence-electron chi connectivity index (χ0n) is 6.94. The monoisotopic (exact) mass is 232 g/mol. The molecule has 0 aliphatic heterocycles. The molecule has 0 aliphatic rings. The van der Waals surface area contributed by atoms with Gasteiger partial charge in [0.1, 0.15) is 0 Å². The quantitative estimate of drug-likeness (QED) is 0.756. The Kier molecular flexibility index (Phi) is 2.80. The van der Waals surface area contributed by atoms with Crippen molar-refractivity contribution in [2.45, 2.75) is 19.9 Å². The van der Waals surface area contributed by atoms with Gasteiger partial charge >= 0.3 is 0 Å². The third-order valence-corrected chi connectivity index (χ3v) is 2.21. The largest absolute Gasteiger partial charge is 0.324 e. The van der Waals surface area contributed by atoms with E-state index < -0.39 is 5.95 Å². The maximum absolute atomic E-state index is 12.8. The molecule has 2 nitrogen and oxygen atoms in total. The number of aryl methyl sites for hydroxylation is 1. The van der Waals surface area contributed by atoms with E-state index in [0.29, 0.717) is 10.2 Å². The van der Waals surface area contributed by atoms with Crippen LogP contribution in [0.3, 0.4) is 0 Å². The van der Waals surface area contributed by atoms with E-state index in [9.17, 15) is 4.39 Å². The van der Waals surface area contributed by atoms with Crippen molar-refractivity contribution < 1.29 is 4.39 Å². The SMILES string of the molecule is Cc1nc(F)c(Br)cc1C(C)N. The molecule has 0 aromatic carbocycles. The van der Waals surface area contributed by atoms with Crippen LogP contribution in [0.5, 0.6) is 0 Å². The van der Waals surface area contributed by atoms with Crippen molar-refractivity contribution in [3.63, 3.8) is 0 Å². The minimum Gasteiger partial charge on any atom is -0.324 e. The lowest BCUT2D eigenvalue weighted by molar-refractivity contribution is 0.569. The molecule has 0 saturated heterocycles. The van der Waals surface area contributed by atoms with E-state index >= 15 is 0 Å². The van der Waals surface area contributed by atoms with Crippen molar-refractivity contribution in [1.82, 2.24) is 4.98 Å². The fourth-order valence-corrected chi connectivity index (χ4v) is 1.36. The Balaban J connectivity index is 3.23. The van der Waals surface area contributed by atoms with Crippen molar-refractivity contribution in [1.29, 1.82) is 0 Å². The van der Waals surface area contributed by atoms with Crippen LogP contribution in [0.25, 0.3) is 0 Å². The predicted molar refractivity (Wildman–Crippen MR) is 49.2 cm³/mol. The Bertz CT molecular complexity index is 299. The third kappa shape index (κ3) is 1.81. The summed E-state index contributed by atoms with van der Waals surface area (Å²) in [6.07, 6.45) is 0. The van der Waals surface area contributed by atoms with Gasteiger partial charge in [0.05, 0.1) is 4.47 Å². The van der Waals surface area contributed by atoms with E-state index in [1.165, 1.54) is 0 Å². The van der Waals surface area contributed by atoms with Gasteiger partial charge in [-0.2, -0.15) is 4.39 Å². The van der Waals surface area contributed by atoms with Gasteiger partial charge in [0.25, 0.3) is 0 Å². The Morgan fingerprint density at radius 1 is 1.67 bits per heavy atom. The molecule has 0 radical (unpaired) electrons. The van der Waals surface area contributed by atoms with Gasteiger partial charge in [-0.25, -0.2) is 4.98 Å². The summed E-state index contributed by atoms with van der Waals surface area (Å²) in [6.45, 7) is 3.59. The maximum Gasteiger partial charge on any atom is 0.227 e. The van der Waals surface area contributed by atoms with Crippen molar-refractivity contribution in [2.24, 2.45) is 5.73 Å². The average molecular weight is 233 g/mol.